The predicted molar refractivity (Wildman–Crippen MR) is 49.5 cm³/mol. The van der Waals surface area contributed by atoms with Crippen LogP contribution < -0.4 is 0 Å². The van der Waals surface area contributed by atoms with Crippen molar-refractivity contribution in [2.75, 3.05) is 0 Å². The molecule has 0 rings (SSSR count). The molecule has 0 radical (unpaired) electrons. The van der Waals surface area contributed by atoms with E-state index in [0.29, 0.717) is 5.92 Å². The number of rotatable bonds is 3. The van der Waals surface area contributed by atoms with Crippen LogP contribution in [0, 0.1) is 11.3 Å². The van der Waals surface area contributed by atoms with Crippen LogP contribution in [0.3, 0.4) is 0 Å². The lowest BCUT2D eigenvalue weighted by atomic mass is 9.85. The lowest BCUT2D eigenvalue weighted by molar-refractivity contribution is 0.0511. The molecule has 0 saturated carbocycles. The number of hydrogen-bond acceptors (Lipinski definition) is 1. The molecule has 1 nitrogen and oxygen atoms in total. The van der Waals surface area contributed by atoms with Gasteiger partial charge in [0.15, 0.2) is 0 Å². The molecule has 0 aliphatic carbocycles. The molecule has 1 N–H and O–H groups in total. The standard InChI is InChI=1S/C10H22O/c1-8(2)6-7-9(11)10(3,4)5/h8-9,11H,6-7H2,1-5H3. The second-order valence-electron chi connectivity index (χ2n) is 4.85. The fourth-order valence-corrected chi connectivity index (χ4v) is 0.924. The fourth-order valence-electron chi connectivity index (χ4n) is 0.924. The quantitative estimate of drug-likeness (QED) is 0.669. The highest BCUT2D eigenvalue weighted by Gasteiger charge is 2.21. The minimum Gasteiger partial charge on any atom is -0.393 e. The van der Waals surface area contributed by atoms with Crippen molar-refractivity contribution in [3.05, 3.63) is 0 Å². The van der Waals surface area contributed by atoms with E-state index in [1.165, 1.54) is 0 Å². The van der Waals surface area contributed by atoms with E-state index in [1.54, 1.807) is 0 Å². The Labute approximate surface area is 70.8 Å². The molecule has 0 aromatic carbocycles. The Morgan fingerprint density at radius 2 is 1.55 bits per heavy atom. The third-order valence-electron chi connectivity index (χ3n) is 2.02. The molecule has 1 unspecified atom stereocenters. The highest BCUT2D eigenvalue weighted by atomic mass is 16.3. The topological polar surface area (TPSA) is 20.2 Å². The van der Waals surface area contributed by atoms with Gasteiger partial charge in [0.1, 0.15) is 0 Å². The van der Waals surface area contributed by atoms with Crippen molar-refractivity contribution in [1.29, 1.82) is 0 Å². The van der Waals surface area contributed by atoms with Gasteiger partial charge in [-0.1, -0.05) is 34.6 Å². The van der Waals surface area contributed by atoms with Gasteiger partial charge in [-0.3, -0.25) is 0 Å². The van der Waals surface area contributed by atoms with Crippen molar-refractivity contribution >= 4 is 0 Å². The van der Waals surface area contributed by atoms with Crippen LogP contribution in [-0.4, -0.2) is 11.2 Å². The van der Waals surface area contributed by atoms with Crippen LogP contribution in [0.1, 0.15) is 47.5 Å². The van der Waals surface area contributed by atoms with Crippen molar-refractivity contribution in [3.63, 3.8) is 0 Å². The molecule has 1 atom stereocenters. The van der Waals surface area contributed by atoms with Crippen LogP contribution in [0.2, 0.25) is 0 Å². The molecule has 0 aliphatic rings. The van der Waals surface area contributed by atoms with E-state index in [0.717, 1.165) is 12.8 Å². The first-order chi connectivity index (χ1) is 4.84. The Balaban J connectivity index is 3.61. The summed E-state index contributed by atoms with van der Waals surface area (Å²) in [5.41, 5.74) is 0.0505. The van der Waals surface area contributed by atoms with Crippen molar-refractivity contribution in [1.82, 2.24) is 0 Å². The monoisotopic (exact) mass is 158 g/mol. The SMILES string of the molecule is CC(C)CCC(O)C(C)(C)C. The van der Waals surface area contributed by atoms with E-state index < -0.39 is 0 Å². The van der Waals surface area contributed by atoms with Gasteiger partial charge in [0.2, 0.25) is 0 Å². The maximum Gasteiger partial charge on any atom is 0.0588 e. The molecule has 0 amide bonds. The number of hydrogen-bond donors (Lipinski definition) is 1. The van der Waals surface area contributed by atoms with E-state index in [4.69, 9.17) is 0 Å². The largest absolute Gasteiger partial charge is 0.393 e. The van der Waals surface area contributed by atoms with Gasteiger partial charge in [0.25, 0.3) is 0 Å². The van der Waals surface area contributed by atoms with Crippen LogP contribution in [0.4, 0.5) is 0 Å². The third kappa shape index (κ3) is 5.25. The minimum absolute atomic E-state index is 0.0505. The molecule has 0 heterocycles. The molecular formula is C10H22O. The molecule has 0 aliphatic heterocycles. The summed E-state index contributed by atoms with van der Waals surface area (Å²) in [6.07, 6.45) is 1.91. The van der Waals surface area contributed by atoms with E-state index >= 15 is 0 Å². The molecular weight excluding hydrogens is 136 g/mol. The average Bonchev–Trinajstić information content (AvgIpc) is 1.80. The van der Waals surface area contributed by atoms with Gasteiger partial charge in [-0.2, -0.15) is 0 Å². The summed E-state index contributed by atoms with van der Waals surface area (Å²) in [4.78, 5) is 0. The van der Waals surface area contributed by atoms with Crippen molar-refractivity contribution in [2.45, 2.75) is 53.6 Å². The maximum atomic E-state index is 9.63. The lowest BCUT2D eigenvalue weighted by Crippen LogP contribution is -2.26. The zero-order valence-corrected chi connectivity index (χ0v) is 8.52. The molecule has 0 bridgehead atoms. The van der Waals surface area contributed by atoms with Gasteiger partial charge in [-0.25, -0.2) is 0 Å². The van der Waals surface area contributed by atoms with E-state index in [9.17, 15) is 5.11 Å². The molecule has 1 heteroatoms. The lowest BCUT2D eigenvalue weighted by Gasteiger charge is -2.26. The van der Waals surface area contributed by atoms with Gasteiger partial charge in [0, 0.05) is 0 Å². The van der Waals surface area contributed by atoms with Gasteiger partial charge in [-0.15, -0.1) is 0 Å². The predicted octanol–water partition coefficient (Wildman–Crippen LogP) is 2.83. The Morgan fingerprint density at radius 1 is 1.09 bits per heavy atom. The Bertz CT molecular complexity index is 99.9. The van der Waals surface area contributed by atoms with Crippen molar-refractivity contribution < 1.29 is 5.11 Å². The van der Waals surface area contributed by atoms with Crippen LogP contribution >= 0.6 is 0 Å². The molecule has 68 valence electrons. The molecule has 0 spiro atoms. The molecule has 0 fully saturated rings. The van der Waals surface area contributed by atoms with Gasteiger partial charge in [0.05, 0.1) is 6.10 Å². The van der Waals surface area contributed by atoms with Crippen LogP contribution in [-0.2, 0) is 0 Å². The summed E-state index contributed by atoms with van der Waals surface area (Å²) in [5.74, 6) is 0.701. The van der Waals surface area contributed by atoms with Crippen LogP contribution in [0.5, 0.6) is 0 Å². The summed E-state index contributed by atoms with van der Waals surface area (Å²) in [6, 6.07) is 0. The first-order valence-electron chi connectivity index (χ1n) is 4.52. The van der Waals surface area contributed by atoms with Crippen LogP contribution in [0.25, 0.3) is 0 Å². The van der Waals surface area contributed by atoms with E-state index in [2.05, 4.69) is 34.6 Å². The molecule has 0 saturated heterocycles. The van der Waals surface area contributed by atoms with Gasteiger partial charge >= 0.3 is 0 Å². The smallest absolute Gasteiger partial charge is 0.0588 e. The third-order valence-corrected chi connectivity index (χ3v) is 2.02. The first kappa shape index (κ1) is 11.0. The summed E-state index contributed by atoms with van der Waals surface area (Å²) in [6.45, 7) is 10.6. The highest BCUT2D eigenvalue weighted by Crippen LogP contribution is 2.23. The zero-order chi connectivity index (χ0) is 9.07. The number of aliphatic hydroxyl groups excluding tert-OH is 1. The summed E-state index contributed by atoms with van der Waals surface area (Å²) < 4.78 is 0. The molecule has 0 aromatic rings. The Kier molecular flexibility index (Phi) is 4.09. The zero-order valence-electron chi connectivity index (χ0n) is 8.52. The minimum atomic E-state index is -0.148. The Hall–Kier alpha value is -0.0400. The molecule has 11 heavy (non-hydrogen) atoms. The fraction of sp³-hybridized carbons (Fsp3) is 1.00. The van der Waals surface area contributed by atoms with Crippen molar-refractivity contribution in [2.24, 2.45) is 11.3 Å². The van der Waals surface area contributed by atoms with Crippen LogP contribution in [0.15, 0.2) is 0 Å². The highest BCUT2D eigenvalue weighted by molar-refractivity contribution is 4.72. The second kappa shape index (κ2) is 4.10. The normalized spacial score (nSPS) is 15.5. The average molecular weight is 158 g/mol. The van der Waals surface area contributed by atoms with Crippen molar-refractivity contribution in [3.8, 4) is 0 Å². The maximum absolute atomic E-state index is 9.63. The summed E-state index contributed by atoms with van der Waals surface area (Å²) in [5, 5.41) is 9.63. The van der Waals surface area contributed by atoms with E-state index in [1.807, 2.05) is 0 Å². The summed E-state index contributed by atoms with van der Waals surface area (Å²) in [7, 11) is 0. The number of aliphatic hydroxyl groups is 1. The van der Waals surface area contributed by atoms with E-state index in [-0.39, 0.29) is 11.5 Å². The second-order valence-corrected chi connectivity index (χ2v) is 4.85. The summed E-state index contributed by atoms with van der Waals surface area (Å²) >= 11 is 0. The first-order valence-corrected chi connectivity index (χ1v) is 4.52. The molecule has 0 aromatic heterocycles. The Morgan fingerprint density at radius 3 is 1.82 bits per heavy atom. The van der Waals surface area contributed by atoms with Gasteiger partial charge in [-0.05, 0) is 24.2 Å². The van der Waals surface area contributed by atoms with Gasteiger partial charge < -0.3 is 5.11 Å².